The minimum Gasteiger partial charge on any atom is -0.381 e. The van der Waals surface area contributed by atoms with Gasteiger partial charge in [0.25, 0.3) is 0 Å². The molecule has 3 rings (SSSR count). The molecular weight excluding hydrogens is 280 g/mol. The Balaban J connectivity index is 1.79. The van der Waals surface area contributed by atoms with Crippen molar-refractivity contribution in [3.05, 3.63) is 64.8 Å². The molecule has 3 heteroatoms. The Morgan fingerprint density at radius 3 is 2.81 bits per heavy atom. The molecule has 0 saturated carbocycles. The van der Waals surface area contributed by atoms with Crippen LogP contribution < -0.4 is 5.32 Å². The number of rotatable bonds is 4. The molecule has 1 heterocycles. The van der Waals surface area contributed by atoms with Crippen LogP contribution >= 0.6 is 11.6 Å². The molecule has 0 spiro atoms. The highest BCUT2D eigenvalue weighted by Gasteiger charge is 2.05. The Morgan fingerprint density at radius 1 is 1.14 bits per heavy atom. The van der Waals surface area contributed by atoms with E-state index < -0.39 is 0 Å². The molecule has 0 aliphatic rings. The van der Waals surface area contributed by atoms with Crippen LogP contribution in [-0.4, -0.2) is 4.98 Å². The predicted molar refractivity (Wildman–Crippen MR) is 91.2 cm³/mol. The first kappa shape index (κ1) is 14.0. The average Bonchev–Trinajstić information content (AvgIpc) is 2.87. The van der Waals surface area contributed by atoms with Crippen LogP contribution in [0.1, 0.15) is 30.9 Å². The number of fused-ring (bicyclic) bond motifs is 1. The van der Waals surface area contributed by atoms with Gasteiger partial charge in [-0.15, -0.1) is 0 Å². The molecule has 0 saturated heterocycles. The van der Waals surface area contributed by atoms with Gasteiger partial charge >= 0.3 is 0 Å². The quantitative estimate of drug-likeness (QED) is 0.648. The lowest BCUT2D eigenvalue weighted by molar-refractivity contribution is 0.866. The van der Waals surface area contributed by atoms with Crippen molar-refractivity contribution in [2.45, 2.75) is 26.3 Å². The summed E-state index contributed by atoms with van der Waals surface area (Å²) in [6.07, 6.45) is 2.04. The third-order valence-corrected chi connectivity index (χ3v) is 4.00. The topological polar surface area (TPSA) is 27.8 Å². The Labute approximate surface area is 130 Å². The van der Waals surface area contributed by atoms with Gasteiger partial charge in [0.2, 0.25) is 0 Å². The van der Waals surface area contributed by atoms with E-state index in [1.54, 1.807) is 0 Å². The average molecular weight is 299 g/mol. The molecule has 2 N–H and O–H groups in total. The standard InChI is InChI=1S/C18H19ClN2/c1-12(2)13-4-3-5-16(8-13)20-10-14-11-21-18-9-15(19)6-7-17(14)18/h3-9,11-12,20-21H,10H2,1-2H3. The molecule has 0 amide bonds. The van der Waals surface area contributed by atoms with Gasteiger partial charge in [-0.3, -0.25) is 0 Å². The highest BCUT2D eigenvalue weighted by atomic mass is 35.5. The maximum atomic E-state index is 6.01. The van der Waals surface area contributed by atoms with Crippen LogP contribution in [0.2, 0.25) is 5.02 Å². The summed E-state index contributed by atoms with van der Waals surface area (Å²) in [6.45, 7) is 5.22. The molecule has 2 aromatic carbocycles. The molecule has 0 radical (unpaired) electrons. The van der Waals surface area contributed by atoms with Crippen LogP contribution in [-0.2, 0) is 6.54 Å². The van der Waals surface area contributed by atoms with E-state index >= 15 is 0 Å². The second kappa shape index (κ2) is 5.82. The summed E-state index contributed by atoms with van der Waals surface area (Å²) in [4.78, 5) is 3.27. The van der Waals surface area contributed by atoms with Crippen molar-refractivity contribution >= 4 is 28.2 Å². The SMILES string of the molecule is CC(C)c1cccc(NCc2c[nH]c3cc(Cl)ccc23)c1. The molecule has 21 heavy (non-hydrogen) atoms. The summed E-state index contributed by atoms with van der Waals surface area (Å²) in [5.41, 5.74) is 4.84. The van der Waals surface area contributed by atoms with Crippen LogP contribution in [0.4, 0.5) is 5.69 Å². The van der Waals surface area contributed by atoms with Crippen molar-refractivity contribution in [1.82, 2.24) is 4.98 Å². The largest absolute Gasteiger partial charge is 0.381 e. The number of benzene rings is 2. The van der Waals surface area contributed by atoms with Gasteiger partial charge in [-0.05, 0) is 41.3 Å². The summed E-state index contributed by atoms with van der Waals surface area (Å²) in [7, 11) is 0. The molecule has 0 atom stereocenters. The maximum Gasteiger partial charge on any atom is 0.0472 e. The summed E-state index contributed by atoms with van der Waals surface area (Å²) < 4.78 is 0. The number of hydrogen-bond acceptors (Lipinski definition) is 1. The fourth-order valence-corrected chi connectivity index (χ4v) is 2.68. The second-order valence-corrected chi connectivity index (χ2v) is 6.07. The van der Waals surface area contributed by atoms with Crippen molar-refractivity contribution in [2.75, 3.05) is 5.32 Å². The normalized spacial score (nSPS) is 11.2. The van der Waals surface area contributed by atoms with Crippen molar-refractivity contribution in [1.29, 1.82) is 0 Å². The zero-order valence-corrected chi connectivity index (χ0v) is 13.0. The highest BCUT2D eigenvalue weighted by molar-refractivity contribution is 6.31. The van der Waals surface area contributed by atoms with E-state index in [0.29, 0.717) is 5.92 Å². The summed E-state index contributed by atoms with van der Waals surface area (Å²) in [5, 5.41) is 5.47. The van der Waals surface area contributed by atoms with Crippen LogP contribution in [0.25, 0.3) is 10.9 Å². The van der Waals surface area contributed by atoms with E-state index in [-0.39, 0.29) is 0 Å². The van der Waals surface area contributed by atoms with Crippen LogP contribution in [0.5, 0.6) is 0 Å². The van der Waals surface area contributed by atoms with Gasteiger partial charge in [-0.1, -0.05) is 43.6 Å². The van der Waals surface area contributed by atoms with Gasteiger partial charge in [-0.2, -0.15) is 0 Å². The smallest absolute Gasteiger partial charge is 0.0472 e. The van der Waals surface area contributed by atoms with Crippen molar-refractivity contribution in [2.24, 2.45) is 0 Å². The summed E-state index contributed by atoms with van der Waals surface area (Å²) >= 11 is 6.01. The van der Waals surface area contributed by atoms with E-state index in [1.807, 2.05) is 18.3 Å². The van der Waals surface area contributed by atoms with Gasteiger partial charge in [0, 0.05) is 34.4 Å². The molecule has 1 aromatic heterocycles. The lowest BCUT2D eigenvalue weighted by atomic mass is 10.0. The molecule has 0 fully saturated rings. The fraction of sp³-hybridized carbons (Fsp3) is 0.222. The van der Waals surface area contributed by atoms with Crippen LogP contribution in [0, 0.1) is 0 Å². The van der Waals surface area contributed by atoms with Gasteiger partial charge in [-0.25, -0.2) is 0 Å². The maximum absolute atomic E-state index is 6.01. The first-order valence-corrected chi connectivity index (χ1v) is 7.60. The monoisotopic (exact) mass is 298 g/mol. The Hall–Kier alpha value is -1.93. The number of nitrogens with one attached hydrogen (secondary N) is 2. The van der Waals surface area contributed by atoms with Crippen LogP contribution in [0.15, 0.2) is 48.7 Å². The van der Waals surface area contributed by atoms with E-state index in [1.165, 1.54) is 16.5 Å². The highest BCUT2D eigenvalue weighted by Crippen LogP contribution is 2.24. The van der Waals surface area contributed by atoms with Crippen molar-refractivity contribution in [3.63, 3.8) is 0 Å². The number of hydrogen-bond donors (Lipinski definition) is 2. The third kappa shape index (κ3) is 3.06. The zero-order chi connectivity index (χ0) is 14.8. The van der Waals surface area contributed by atoms with Gasteiger partial charge in [0.15, 0.2) is 0 Å². The number of H-pyrrole nitrogens is 1. The Kier molecular flexibility index (Phi) is 3.89. The Bertz CT molecular complexity index is 759. The zero-order valence-electron chi connectivity index (χ0n) is 12.3. The summed E-state index contributed by atoms with van der Waals surface area (Å²) in [5.74, 6) is 0.544. The first-order chi connectivity index (χ1) is 10.1. The Morgan fingerprint density at radius 2 is 2.00 bits per heavy atom. The molecule has 3 aromatic rings. The summed E-state index contributed by atoms with van der Waals surface area (Å²) in [6, 6.07) is 14.6. The minimum atomic E-state index is 0.544. The van der Waals surface area contributed by atoms with Gasteiger partial charge in [0.05, 0.1) is 0 Å². The van der Waals surface area contributed by atoms with Crippen LogP contribution in [0.3, 0.4) is 0 Å². The van der Waals surface area contributed by atoms with E-state index in [9.17, 15) is 0 Å². The molecule has 2 nitrogen and oxygen atoms in total. The molecule has 108 valence electrons. The molecule has 0 unspecified atom stereocenters. The van der Waals surface area contributed by atoms with E-state index in [2.05, 4.69) is 54.5 Å². The lowest BCUT2D eigenvalue weighted by Crippen LogP contribution is -1.99. The first-order valence-electron chi connectivity index (χ1n) is 7.23. The van der Waals surface area contributed by atoms with Gasteiger partial charge in [0.1, 0.15) is 0 Å². The minimum absolute atomic E-state index is 0.544. The molecule has 0 bridgehead atoms. The van der Waals surface area contributed by atoms with Crippen molar-refractivity contribution < 1.29 is 0 Å². The van der Waals surface area contributed by atoms with E-state index in [4.69, 9.17) is 11.6 Å². The lowest BCUT2D eigenvalue weighted by Gasteiger charge is -2.10. The van der Waals surface area contributed by atoms with Crippen molar-refractivity contribution in [3.8, 4) is 0 Å². The number of anilines is 1. The van der Waals surface area contributed by atoms with E-state index in [0.717, 1.165) is 22.8 Å². The molecule has 0 aliphatic heterocycles. The number of aromatic nitrogens is 1. The third-order valence-electron chi connectivity index (χ3n) is 3.77. The fourth-order valence-electron chi connectivity index (χ4n) is 2.51. The second-order valence-electron chi connectivity index (χ2n) is 5.64. The van der Waals surface area contributed by atoms with Gasteiger partial charge < -0.3 is 10.3 Å². The number of aromatic amines is 1. The number of halogens is 1. The predicted octanol–water partition coefficient (Wildman–Crippen LogP) is 5.56. The molecular formula is C18H19ClN2. The molecule has 0 aliphatic carbocycles.